The minimum absolute atomic E-state index is 0.00699. The largest absolute Gasteiger partial charge is 0.508 e. The van der Waals surface area contributed by atoms with Crippen LogP contribution in [0.2, 0.25) is 0 Å². The fourth-order valence-electron chi connectivity index (χ4n) is 12.7. The van der Waals surface area contributed by atoms with E-state index in [-0.39, 0.29) is 39.8 Å². The van der Waals surface area contributed by atoms with E-state index in [2.05, 4.69) is 61.8 Å². The number of hydrogen-bond donors (Lipinski definition) is 1. The molecule has 0 unspecified atom stereocenters. The molecule has 2 spiro atoms. The lowest BCUT2D eigenvalue weighted by atomic mass is 9.59. The number of phenols is 1. The highest BCUT2D eigenvalue weighted by Gasteiger charge is 2.51. The predicted octanol–water partition coefficient (Wildman–Crippen LogP) is 9.93. The number of likely N-dealkylation sites (tertiary alicyclic amines) is 2. The molecule has 65 heavy (non-hydrogen) atoms. The number of piperidine rings is 3. The maximum absolute atomic E-state index is 17.2. The summed E-state index contributed by atoms with van der Waals surface area (Å²) >= 11 is 0. The van der Waals surface area contributed by atoms with E-state index in [1.165, 1.54) is 80.2 Å². The van der Waals surface area contributed by atoms with Crippen molar-refractivity contribution in [2.75, 3.05) is 63.9 Å². The summed E-state index contributed by atoms with van der Waals surface area (Å²) in [7, 11) is 2.14. The number of aromatic hydroxyl groups is 1. The topological polar surface area (TPSA) is 92.0 Å². The number of ether oxygens (including phenoxy) is 2. The van der Waals surface area contributed by atoms with Crippen molar-refractivity contribution in [3.63, 3.8) is 0 Å². The van der Waals surface area contributed by atoms with E-state index in [4.69, 9.17) is 19.4 Å². The van der Waals surface area contributed by atoms with Crippen LogP contribution in [-0.2, 0) is 18.2 Å². The standard InChI is InChI=1S/C53H61F2N7O3/c1-3-40-43(54)8-7-37-25-39(63)27-41(45(37)40)47-46(55)48-42(30-56-47)49(62-18-4-12-53(32-62)17-24-65-53)58-50(57-48)64-33-52(13-14-52)31-60-22-15-51(16-23-60)28-38(29-51)61-20-10-34(11-21-61)36-6-5-35-9-19-59(2)44(35)26-36/h5-9,19,25-27,30,34,38,63H,3-4,10-18,20-24,28-29,31-33H2,1-2H3/t53-/m0/s1. The fraction of sp³-hybridized carbons (Fsp3) is 0.528. The van der Waals surface area contributed by atoms with Crippen LogP contribution in [0.5, 0.6) is 11.8 Å². The number of halogens is 2. The summed E-state index contributed by atoms with van der Waals surface area (Å²) in [5, 5.41) is 13.7. The Hall–Kier alpha value is -4.91. The number of aromatic nitrogens is 4. The van der Waals surface area contributed by atoms with Crippen LogP contribution >= 0.6 is 0 Å². The second kappa shape index (κ2) is 15.9. The third-order valence-electron chi connectivity index (χ3n) is 16.9. The van der Waals surface area contributed by atoms with Crippen molar-refractivity contribution in [2.24, 2.45) is 17.9 Å². The summed E-state index contributed by atoms with van der Waals surface area (Å²) in [6, 6.07) is 16.2. The molecule has 7 heterocycles. The van der Waals surface area contributed by atoms with E-state index in [0.29, 0.717) is 64.0 Å². The highest BCUT2D eigenvalue weighted by atomic mass is 19.1. The van der Waals surface area contributed by atoms with Crippen LogP contribution in [0.15, 0.2) is 60.9 Å². The number of pyridine rings is 1. The number of benzene rings is 3. The second-order valence-electron chi connectivity index (χ2n) is 21.0. The number of phenolic OH excluding ortho intramolecular Hbond substituents is 1. The molecule has 2 aliphatic carbocycles. The molecule has 0 bridgehead atoms. The van der Waals surface area contributed by atoms with Crippen molar-refractivity contribution in [3.05, 3.63) is 83.7 Å². The van der Waals surface area contributed by atoms with E-state index in [9.17, 15) is 5.11 Å². The van der Waals surface area contributed by atoms with Gasteiger partial charge in [0.1, 0.15) is 28.6 Å². The van der Waals surface area contributed by atoms with Gasteiger partial charge in [-0.15, -0.1) is 0 Å². The third-order valence-corrected chi connectivity index (χ3v) is 16.9. The number of rotatable bonds is 10. The lowest BCUT2D eigenvalue weighted by Gasteiger charge is -2.56. The molecule has 3 aromatic heterocycles. The fourth-order valence-corrected chi connectivity index (χ4v) is 12.7. The smallest absolute Gasteiger partial charge is 0.319 e. The minimum atomic E-state index is -0.645. The first-order valence-electron chi connectivity index (χ1n) is 24.4. The highest BCUT2D eigenvalue weighted by molar-refractivity contribution is 6.01. The van der Waals surface area contributed by atoms with Gasteiger partial charge in [-0.3, -0.25) is 4.98 Å². The molecule has 10 nitrogen and oxygen atoms in total. The van der Waals surface area contributed by atoms with Gasteiger partial charge >= 0.3 is 6.01 Å². The monoisotopic (exact) mass is 881 g/mol. The first kappa shape index (κ1) is 41.5. The summed E-state index contributed by atoms with van der Waals surface area (Å²) in [6.45, 7) is 10.2. The van der Waals surface area contributed by atoms with Crippen LogP contribution in [0.1, 0.15) is 94.6 Å². The normalized spacial score (nSPS) is 23.7. The van der Waals surface area contributed by atoms with Gasteiger partial charge in [0.15, 0.2) is 5.82 Å². The van der Waals surface area contributed by atoms with Crippen LogP contribution in [0.3, 0.4) is 0 Å². The number of hydrogen-bond acceptors (Lipinski definition) is 9. The molecule has 12 rings (SSSR count). The van der Waals surface area contributed by atoms with Crippen molar-refractivity contribution in [1.82, 2.24) is 29.3 Å². The molecular weight excluding hydrogens is 821 g/mol. The number of anilines is 1. The summed E-state index contributed by atoms with van der Waals surface area (Å²) in [5.41, 5.74) is 4.03. The molecule has 0 radical (unpaired) electrons. The lowest BCUT2D eigenvalue weighted by molar-refractivity contribution is -0.151. The Morgan fingerprint density at radius 3 is 2.45 bits per heavy atom. The van der Waals surface area contributed by atoms with E-state index in [0.717, 1.165) is 70.9 Å². The van der Waals surface area contributed by atoms with Crippen molar-refractivity contribution in [3.8, 4) is 23.0 Å². The Labute approximate surface area is 379 Å². The number of fused-ring (bicyclic) bond motifs is 3. The Balaban J connectivity index is 0.727. The summed E-state index contributed by atoms with van der Waals surface area (Å²) in [5.74, 6) is 0.186. The van der Waals surface area contributed by atoms with Gasteiger partial charge < -0.3 is 33.8 Å². The van der Waals surface area contributed by atoms with Crippen molar-refractivity contribution < 1.29 is 23.4 Å². The van der Waals surface area contributed by atoms with Crippen LogP contribution < -0.4 is 9.64 Å². The Morgan fingerprint density at radius 1 is 0.892 bits per heavy atom. The van der Waals surface area contributed by atoms with Crippen molar-refractivity contribution in [2.45, 2.75) is 102 Å². The van der Waals surface area contributed by atoms with Gasteiger partial charge in [-0.05, 0) is 166 Å². The molecular formula is C53H61F2N7O3. The molecule has 4 aliphatic heterocycles. The first-order valence-corrected chi connectivity index (χ1v) is 24.4. The van der Waals surface area contributed by atoms with Crippen LogP contribution in [0.4, 0.5) is 14.6 Å². The van der Waals surface area contributed by atoms with Gasteiger partial charge in [-0.2, -0.15) is 9.97 Å². The molecule has 6 fully saturated rings. The summed E-state index contributed by atoms with van der Waals surface area (Å²) in [4.78, 5) is 22.1. The van der Waals surface area contributed by atoms with Gasteiger partial charge in [0.05, 0.1) is 24.2 Å². The van der Waals surface area contributed by atoms with Gasteiger partial charge in [0.2, 0.25) is 0 Å². The predicted molar refractivity (Wildman–Crippen MR) is 251 cm³/mol. The van der Waals surface area contributed by atoms with Gasteiger partial charge in [-0.25, -0.2) is 8.78 Å². The van der Waals surface area contributed by atoms with Crippen molar-refractivity contribution in [1.29, 1.82) is 0 Å². The Morgan fingerprint density at radius 2 is 1.69 bits per heavy atom. The average molecular weight is 882 g/mol. The SMILES string of the molecule is CCc1c(F)ccc2cc(O)cc(-c3ncc4c(N5CCC[C@]6(CCO6)C5)nc(OCC5(CN6CCC7(CC6)CC(N6CCC(c8ccc9ccn(C)c9c8)CC6)C7)CC5)nc4c3F)c12. The van der Waals surface area contributed by atoms with Crippen LogP contribution in [0, 0.1) is 22.5 Å². The number of aryl methyl sites for hydroxylation is 2. The van der Waals surface area contributed by atoms with E-state index >= 15 is 8.78 Å². The molecule has 2 saturated carbocycles. The van der Waals surface area contributed by atoms with Gasteiger partial charge in [-0.1, -0.05) is 25.1 Å². The quantitative estimate of drug-likeness (QED) is 0.144. The molecule has 12 heteroatoms. The Kier molecular flexibility index (Phi) is 10.1. The van der Waals surface area contributed by atoms with Crippen LogP contribution in [0.25, 0.3) is 43.8 Å². The molecule has 6 aromatic rings. The van der Waals surface area contributed by atoms with E-state index in [1.807, 2.05) is 6.92 Å². The average Bonchev–Trinajstić information content (AvgIpc) is 3.98. The molecule has 0 amide bonds. The zero-order valence-corrected chi connectivity index (χ0v) is 37.9. The van der Waals surface area contributed by atoms with Crippen LogP contribution in [-0.4, -0.2) is 105 Å². The molecule has 1 atom stereocenters. The van der Waals surface area contributed by atoms with Gasteiger partial charge in [0.25, 0.3) is 0 Å². The third kappa shape index (κ3) is 7.42. The first-order chi connectivity index (χ1) is 31.6. The van der Waals surface area contributed by atoms with Gasteiger partial charge in [0, 0.05) is 68.0 Å². The van der Waals surface area contributed by atoms with Crippen molar-refractivity contribution >= 4 is 38.4 Å². The van der Waals surface area contributed by atoms with E-state index < -0.39 is 5.82 Å². The molecule has 1 N–H and O–H groups in total. The maximum atomic E-state index is 17.2. The Bertz CT molecular complexity index is 2800. The second-order valence-corrected chi connectivity index (χ2v) is 21.0. The minimum Gasteiger partial charge on any atom is -0.508 e. The summed E-state index contributed by atoms with van der Waals surface area (Å²) in [6.07, 6.45) is 17.0. The molecule has 3 aromatic carbocycles. The highest BCUT2D eigenvalue weighted by Crippen LogP contribution is 2.53. The number of nitrogens with zero attached hydrogens (tertiary/aromatic N) is 7. The molecule has 4 saturated heterocycles. The molecule has 6 aliphatic rings. The lowest BCUT2D eigenvalue weighted by Crippen LogP contribution is -2.56. The van der Waals surface area contributed by atoms with E-state index in [1.54, 1.807) is 18.3 Å². The summed E-state index contributed by atoms with van der Waals surface area (Å²) < 4.78 is 47.3. The zero-order valence-electron chi connectivity index (χ0n) is 37.9. The molecule has 340 valence electrons. The maximum Gasteiger partial charge on any atom is 0.319 e. The zero-order chi connectivity index (χ0) is 44.1.